The molecule has 2 aliphatic rings. The van der Waals surface area contributed by atoms with Crippen molar-refractivity contribution in [2.45, 2.75) is 26.7 Å². The molecule has 346 valence electrons. The number of nitrogens with two attached hydrogens (primary N) is 4. The Kier molecular flexibility index (Phi) is 16.3. The van der Waals surface area contributed by atoms with Gasteiger partial charge in [0, 0.05) is 33.7 Å². The summed E-state index contributed by atoms with van der Waals surface area (Å²) >= 11 is 12.6. The fourth-order valence-electron chi connectivity index (χ4n) is 7.80. The zero-order valence-electron chi connectivity index (χ0n) is 34.7. The van der Waals surface area contributed by atoms with Crippen molar-refractivity contribution in [1.82, 2.24) is 0 Å². The van der Waals surface area contributed by atoms with Crippen LogP contribution in [0.1, 0.15) is 48.9 Å². The second-order valence-corrected chi connectivity index (χ2v) is 16.0. The van der Waals surface area contributed by atoms with Gasteiger partial charge in [0.25, 0.3) is 0 Å². The molecule has 18 heteroatoms. The highest BCUT2D eigenvalue weighted by atomic mass is 79.9. The van der Waals surface area contributed by atoms with Gasteiger partial charge in [0.15, 0.2) is 46.4 Å². The third-order valence-corrected chi connectivity index (χ3v) is 12.0. The summed E-state index contributed by atoms with van der Waals surface area (Å²) in [6.45, 7) is 0. The van der Waals surface area contributed by atoms with E-state index in [2.05, 4.69) is 42.2 Å². The predicted molar refractivity (Wildman–Crippen MR) is 265 cm³/mol. The summed E-state index contributed by atoms with van der Waals surface area (Å²) in [7, 11) is 6.23. The average Bonchev–Trinajstić information content (AvgIpc) is 3.31. The molecule has 0 radical (unpaired) electrons. The minimum Gasteiger partial charge on any atom is -0.493 e. The van der Waals surface area contributed by atoms with Crippen LogP contribution in [0.5, 0.6) is 34.5 Å². The van der Waals surface area contributed by atoms with E-state index in [1.54, 1.807) is 28.4 Å². The number of rotatable bonds is 10. The van der Waals surface area contributed by atoms with Gasteiger partial charge in [0.1, 0.15) is 17.4 Å². The van der Waals surface area contributed by atoms with Gasteiger partial charge in [-0.1, -0.05) is 98.0 Å². The van der Waals surface area contributed by atoms with Crippen LogP contribution in [0.25, 0.3) is 21.5 Å². The molecule has 9 N–H and O–H groups in total. The molecule has 15 nitrogen and oxygen atoms in total. The Morgan fingerprint density at radius 2 is 1.09 bits per heavy atom. The van der Waals surface area contributed by atoms with Gasteiger partial charge in [-0.15, -0.1) is 11.6 Å². The van der Waals surface area contributed by atoms with Crippen molar-refractivity contribution < 1.29 is 43.3 Å². The van der Waals surface area contributed by atoms with E-state index in [9.17, 15) is 10.0 Å². The molecule has 2 atom stereocenters. The summed E-state index contributed by atoms with van der Waals surface area (Å²) in [5, 5.41) is 20.1. The number of hydrogen-bond acceptors (Lipinski definition) is 13. The average molecular weight is 1050 g/mol. The summed E-state index contributed by atoms with van der Waals surface area (Å²) in [6.07, 6.45) is 0. The van der Waals surface area contributed by atoms with Crippen molar-refractivity contribution in [1.29, 1.82) is 0 Å². The largest absolute Gasteiger partial charge is 0.493 e. The lowest BCUT2D eigenvalue weighted by Gasteiger charge is -2.30. The highest BCUT2D eigenvalue weighted by Crippen LogP contribution is 2.50. The van der Waals surface area contributed by atoms with E-state index in [4.69, 9.17) is 67.8 Å². The van der Waals surface area contributed by atoms with Gasteiger partial charge >= 0.3 is 5.97 Å². The minimum atomic E-state index is -0.752. The first-order chi connectivity index (χ1) is 30.9. The molecule has 66 heavy (non-hydrogen) atoms. The topological polar surface area (TPSA) is 231 Å². The van der Waals surface area contributed by atoms with E-state index in [-0.39, 0.29) is 44.2 Å². The zero-order valence-corrected chi connectivity index (χ0v) is 38.6. The predicted octanol–water partition coefficient (Wildman–Crippen LogP) is 9.70. The Hall–Kier alpha value is -6.82. The summed E-state index contributed by atoms with van der Waals surface area (Å²) in [5.74, 6) is 1.13. The van der Waals surface area contributed by atoms with Crippen LogP contribution in [0.3, 0.4) is 0 Å². The molecule has 0 saturated carbocycles. The minimum absolute atomic E-state index is 0. The molecular formula is C48H49Br2ClN6O9. The molecule has 0 saturated heterocycles. The molecule has 6 aromatic rings. The molecule has 0 aromatic heterocycles. The normalized spacial score (nSPS) is 15.4. The standard InChI is InChI=1S/C24H21BrClN3O5.C22H20BrN3O4.2CH4/c1-31-17-10-13(9-16(25)22(17)32-2)19-15-8-7-12-5-3-4-6-14(12)21(15)33-24(28)20(19)23(27)29-34-18(30)11-26;1-28-16-10-12(9-15(23)20(16)29-2)17-14-8-7-11-5-3-4-6-13(11)19(14)30-22(25)18(17)21(24)26-27;;/h3-10,19H,11,28H2,1-2H3,(H2,27,29);3-10,17,27H,25H2,1-2H3,(H2,24,26);2*1H4. The molecule has 0 amide bonds. The maximum absolute atomic E-state index is 11.5. The summed E-state index contributed by atoms with van der Waals surface area (Å²) in [5.41, 5.74) is 28.8. The van der Waals surface area contributed by atoms with Gasteiger partial charge in [-0.2, -0.15) is 0 Å². The van der Waals surface area contributed by atoms with Crippen LogP contribution in [0, 0.1) is 0 Å². The van der Waals surface area contributed by atoms with Gasteiger partial charge in [0.2, 0.25) is 0 Å². The number of carbonyl (C=O) groups is 1. The van der Waals surface area contributed by atoms with Crippen molar-refractivity contribution in [3.63, 3.8) is 0 Å². The summed E-state index contributed by atoms with van der Waals surface area (Å²) in [6, 6.07) is 31.0. The van der Waals surface area contributed by atoms with Crippen LogP contribution in [0.2, 0.25) is 0 Å². The smallest absolute Gasteiger partial charge is 0.349 e. The van der Waals surface area contributed by atoms with E-state index >= 15 is 0 Å². The van der Waals surface area contributed by atoms with Gasteiger partial charge in [-0.25, -0.2) is 4.79 Å². The Balaban J connectivity index is 0.000000242. The number of methoxy groups -OCH3 is 4. The summed E-state index contributed by atoms with van der Waals surface area (Å²) < 4.78 is 35.3. The lowest BCUT2D eigenvalue weighted by Crippen LogP contribution is -2.30. The number of carbonyl (C=O) groups excluding carboxylic acids is 1. The van der Waals surface area contributed by atoms with Crippen LogP contribution in [0.15, 0.2) is 139 Å². The van der Waals surface area contributed by atoms with Crippen LogP contribution < -0.4 is 51.4 Å². The molecule has 0 fully saturated rings. The Bertz CT molecular complexity index is 2940. The lowest BCUT2D eigenvalue weighted by molar-refractivity contribution is -0.140. The monoisotopic (exact) mass is 1050 g/mol. The van der Waals surface area contributed by atoms with Gasteiger partial charge in [0.05, 0.1) is 48.5 Å². The number of ether oxygens (including phenoxy) is 6. The van der Waals surface area contributed by atoms with E-state index in [1.165, 1.54) is 0 Å². The lowest BCUT2D eigenvalue weighted by atomic mass is 9.81. The number of hydrogen-bond donors (Lipinski definition) is 5. The maximum Gasteiger partial charge on any atom is 0.349 e. The van der Waals surface area contributed by atoms with Crippen molar-refractivity contribution in [2.75, 3.05) is 34.3 Å². The SMILES string of the molecule is C.C.COc1cc(C2C(/C(N)=N/O)=C(N)Oc3c2ccc2ccccc32)cc(Br)c1OC.COc1cc(C2C(/C(N)=N/OC(=O)CCl)=C(N)Oc3c2ccc2ccccc32)cc(Br)c1OC. The summed E-state index contributed by atoms with van der Waals surface area (Å²) in [4.78, 5) is 16.3. The van der Waals surface area contributed by atoms with Crippen molar-refractivity contribution in [3.8, 4) is 34.5 Å². The van der Waals surface area contributed by atoms with E-state index in [1.807, 2.05) is 97.1 Å². The molecule has 0 bridgehead atoms. The Labute approximate surface area is 403 Å². The Morgan fingerprint density at radius 3 is 1.48 bits per heavy atom. The fraction of sp³-hybridized carbons (Fsp3) is 0.188. The number of nitrogens with zero attached hydrogens (tertiary/aromatic N) is 2. The highest BCUT2D eigenvalue weighted by Gasteiger charge is 2.36. The van der Waals surface area contributed by atoms with E-state index in [0.717, 1.165) is 43.8 Å². The number of alkyl halides is 1. The molecule has 2 heterocycles. The first kappa shape index (κ1) is 50.2. The van der Waals surface area contributed by atoms with Gasteiger partial charge in [-0.05, 0) is 78.0 Å². The van der Waals surface area contributed by atoms with Crippen LogP contribution in [-0.4, -0.2) is 57.2 Å². The number of benzene rings is 6. The quantitative estimate of drug-likeness (QED) is 0.0215. The van der Waals surface area contributed by atoms with Crippen LogP contribution >= 0.6 is 43.5 Å². The molecule has 2 unspecified atom stereocenters. The highest BCUT2D eigenvalue weighted by molar-refractivity contribution is 9.11. The molecule has 0 aliphatic carbocycles. The van der Waals surface area contributed by atoms with E-state index < -0.39 is 17.8 Å². The number of fused-ring (bicyclic) bond motifs is 6. The Morgan fingerprint density at radius 1 is 0.667 bits per heavy atom. The maximum atomic E-state index is 11.5. The second kappa shape index (κ2) is 21.4. The third kappa shape index (κ3) is 9.45. The number of amidine groups is 2. The van der Waals surface area contributed by atoms with Gasteiger partial charge in [-0.3, -0.25) is 0 Å². The van der Waals surface area contributed by atoms with E-state index in [0.29, 0.717) is 54.6 Å². The van der Waals surface area contributed by atoms with Crippen molar-refractivity contribution in [2.24, 2.45) is 33.2 Å². The van der Waals surface area contributed by atoms with Crippen LogP contribution in [-0.2, 0) is 9.63 Å². The zero-order chi connectivity index (χ0) is 45.8. The van der Waals surface area contributed by atoms with Crippen LogP contribution in [0.4, 0.5) is 0 Å². The molecule has 6 aromatic carbocycles. The first-order valence-corrected chi connectivity index (χ1v) is 21.3. The molecule has 8 rings (SSSR count). The second-order valence-electron chi connectivity index (χ2n) is 14.1. The first-order valence-electron chi connectivity index (χ1n) is 19.2. The molecule has 2 aliphatic heterocycles. The molecule has 0 spiro atoms. The van der Waals surface area contributed by atoms with Crippen molar-refractivity contribution in [3.05, 3.63) is 151 Å². The molecular weight excluding hydrogens is 1000 g/mol. The van der Waals surface area contributed by atoms with Gasteiger partial charge < -0.3 is 61.4 Å². The number of halogens is 3. The third-order valence-electron chi connectivity index (χ3n) is 10.6. The fourth-order valence-corrected chi connectivity index (χ4v) is 9.10. The van der Waals surface area contributed by atoms with Crippen molar-refractivity contribution >= 4 is 82.6 Å². The number of oxime groups is 2.